The van der Waals surface area contributed by atoms with Gasteiger partial charge in [0.25, 0.3) is 5.69 Å². The summed E-state index contributed by atoms with van der Waals surface area (Å²) >= 11 is 0. The molecule has 0 saturated carbocycles. The molecule has 1 aromatic carbocycles. The molecule has 1 aromatic rings. The Labute approximate surface area is 112 Å². The normalized spacial score (nSPS) is 11.4. The first-order chi connectivity index (χ1) is 8.83. The Bertz CT molecular complexity index is 441. The van der Waals surface area contributed by atoms with Gasteiger partial charge in [0.05, 0.1) is 4.92 Å². The first-order valence-electron chi connectivity index (χ1n) is 5.97. The summed E-state index contributed by atoms with van der Waals surface area (Å²) in [4.78, 5) is 10.4. The molecule has 0 aromatic heterocycles. The molecule has 0 aliphatic rings. The van der Waals surface area contributed by atoms with Crippen molar-refractivity contribution in [2.75, 3.05) is 13.9 Å². The standard InChI is InChI=1S/C13H20N2O4/c1-13(2,3)14-8-10-7-11(15(16)17)5-6-12(10)19-9-18-4/h5-7,14H,8-9H2,1-4H3. The molecule has 0 saturated heterocycles. The molecule has 6 heteroatoms. The molecule has 1 rings (SSSR count). The summed E-state index contributed by atoms with van der Waals surface area (Å²) in [6.45, 7) is 6.69. The van der Waals surface area contributed by atoms with Crippen molar-refractivity contribution in [2.24, 2.45) is 0 Å². The van der Waals surface area contributed by atoms with Crippen molar-refractivity contribution in [3.05, 3.63) is 33.9 Å². The predicted octanol–water partition coefficient (Wildman–Crippen LogP) is 2.47. The fourth-order valence-electron chi connectivity index (χ4n) is 1.44. The van der Waals surface area contributed by atoms with Gasteiger partial charge >= 0.3 is 0 Å². The summed E-state index contributed by atoms with van der Waals surface area (Å²) in [5.74, 6) is 0.587. The zero-order chi connectivity index (χ0) is 14.5. The van der Waals surface area contributed by atoms with E-state index in [0.717, 1.165) is 5.56 Å². The van der Waals surface area contributed by atoms with E-state index in [9.17, 15) is 10.1 Å². The van der Waals surface area contributed by atoms with Gasteiger partial charge in [-0.3, -0.25) is 10.1 Å². The van der Waals surface area contributed by atoms with Crippen molar-refractivity contribution in [3.8, 4) is 5.75 Å². The second-order valence-corrected chi connectivity index (χ2v) is 5.20. The zero-order valence-electron chi connectivity index (χ0n) is 11.7. The minimum Gasteiger partial charge on any atom is -0.467 e. The molecule has 6 nitrogen and oxygen atoms in total. The van der Waals surface area contributed by atoms with Crippen molar-refractivity contribution >= 4 is 5.69 Å². The molecule has 106 valence electrons. The molecule has 0 unspecified atom stereocenters. The highest BCUT2D eigenvalue weighted by Gasteiger charge is 2.15. The van der Waals surface area contributed by atoms with Gasteiger partial charge in [0.15, 0.2) is 6.79 Å². The van der Waals surface area contributed by atoms with Crippen LogP contribution in [0, 0.1) is 10.1 Å². The molecule has 1 N–H and O–H groups in total. The number of hydrogen-bond acceptors (Lipinski definition) is 5. The first kappa shape index (κ1) is 15.4. The fourth-order valence-corrected chi connectivity index (χ4v) is 1.44. The molecular weight excluding hydrogens is 248 g/mol. The van der Waals surface area contributed by atoms with Crippen molar-refractivity contribution in [1.29, 1.82) is 0 Å². The van der Waals surface area contributed by atoms with Gasteiger partial charge < -0.3 is 14.8 Å². The van der Waals surface area contributed by atoms with E-state index in [4.69, 9.17) is 9.47 Å². The number of rotatable bonds is 6. The topological polar surface area (TPSA) is 73.6 Å². The number of ether oxygens (including phenoxy) is 2. The number of nitrogens with zero attached hydrogens (tertiary/aromatic N) is 1. The van der Waals surface area contributed by atoms with Crippen LogP contribution in [0.15, 0.2) is 18.2 Å². The largest absolute Gasteiger partial charge is 0.467 e. The molecule has 19 heavy (non-hydrogen) atoms. The molecule has 0 bridgehead atoms. The van der Waals surface area contributed by atoms with Crippen LogP contribution < -0.4 is 10.1 Å². The highest BCUT2D eigenvalue weighted by Crippen LogP contribution is 2.24. The second kappa shape index (κ2) is 6.49. The molecule has 0 aliphatic heterocycles. The van der Waals surface area contributed by atoms with Crippen molar-refractivity contribution in [3.63, 3.8) is 0 Å². The maximum absolute atomic E-state index is 10.8. The third-order valence-corrected chi connectivity index (χ3v) is 2.40. The van der Waals surface area contributed by atoms with Crippen LogP contribution in [-0.4, -0.2) is 24.4 Å². The van der Waals surface area contributed by atoms with E-state index >= 15 is 0 Å². The lowest BCUT2D eigenvalue weighted by Gasteiger charge is -2.21. The quantitative estimate of drug-likeness (QED) is 0.487. The van der Waals surface area contributed by atoms with Crippen LogP contribution in [0.5, 0.6) is 5.75 Å². The lowest BCUT2D eigenvalue weighted by molar-refractivity contribution is -0.384. The van der Waals surface area contributed by atoms with Crippen LogP contribution in [0.2, 0.25) is 0 Å². The first-order valence-corrected chi connectivity index (χ1v) is 5.97. The highest BCUT2D eigenvalue weighted by atomic mass is 16.7. The Morgan fingerprint density at radius 1 is 1.37 bits per heavy atom. The maximum atomic E-state index is 10.8. The van der Waals surface area contributed by atoms with Crippen molar-refractivity contribution < 1.29 is 14.4 Å². The van der Waals surface area contributed by atoms with Crippen molar-refractivity contribution in [1.82, 2.24) is 5.32 Å². The summed E-state index contributed by atoms with van der Waals surface area (Å²) in [6, 6.07) is 4.53. The van der Waals surface area contributed by atoms with Crippen LogP contribution in [0.4, 0.5) is 5.69 Å². The number of nitro benzene ring substituents is 1. The smallest absolute Gasteiger partial charge is 0.270 e. The number of non-ortho nitro benzene ring substituents is 1. The van der Waals surface area contributed by atoms with E-state index in [0.29, 0.717) is 12.3 Å². The Morgan fingerprint density at radius 2 is 2.05 bits per heavy atom. The zero-order valence-corrected chi connectivity index (χ0v) is 11.7. The lowest BCUT2D eigenvalue weighted by Crippen LogP contribution is -2.35. The molecule has 0 atom stereocenters. The van der Waals surface area contributed by atoms with Gasteiger partial charge in [0, 0.05) is 36.9 Å². The Balaban J connectivity index is 2.93. The van der Waals surface area contributed by atoms with Gasteiger partial charge in [-0.15, -0.1) is 0 Å². The number of nitrogens with one attached hydrogen (secondary N) is 1. The predicted molar refractivity (Wildman–Crippen MR) is 72.2 cm³/mol. The minimum absolute atomic E-state index is 0.0514. The number of methoxy groups -OCH3 is 1. The third kappa shape index (κ3) is 5.23. The molecule has 0 aliphatic carbocycles. The van der Waals surface area contributed by atoms with Crippen molar-refractivity contribution in [2.45, 2.75) is 32.9 Å². The Kier molecular flexibility index (Phi) is 5.26. The van der Waals surface area contributed by atoms with Crippen LogP contribution in [0.25, 0.3) is 0 Å². The number of benzene rings is 1. The van der Waals surface area contributed by atoms with Gasteiger partial charge in [-0.25, -0.2) is 0 Å². The van der Waals surface area contributed by atoms with E-state index in [1.165, 1.54) is 19.2 Å². The molecular formula is C13H20N2O4. The Morgan fingerprint density at radius 3 is 2.58 bits per heavy atom. The summed E-state index contributed by atoms with van der Waals surface area (Å²) in [5, 5.41) is 14.1. The van der Waals surface area contributed by atoms with Crippen LogP contribution >= 0.6 is 0 Å². The van der Waals surface area contributed by atoms with Gasteiger partial charge in [0.1, 0.15) is 5.75 Å². The van der Waals surface area contributed by atoms with E-state index in [-0.39, 0.29) is 18.0 Å². The fraction of sp³-hybridized carbons (Fsp3) is 0.538. The van der Waals surface area contributed by atoms with Gasteiger partial charge in [-0.1, -0.05) is 0 Å². The van der Waals surface area contributed by atoms with Crippen LogP contribution in [0.1, 0.15) is 26.3 Å². The Hall–Kier alpha value is -1.66. The minimum atomic E-state index is -0.416. The summed E-state index contributed by atoms with van der Waals surface area (Å²) < 4.78 is 10.2. The second-order valence-electron chi connectivity index (χ2n) is 5.20. The molecule has 0 heterocycles. The van der Waals surface area contributed by atoms with E-state index in [2.05, 4.69) is 5.32 Å². The van der Waals surface area contributed by atoms with E-state index in [1.807, 2.05) is 20.8 Å². The maximum Gasteiger partial charge on any atom is 0.270 e. The van der Waals surface area contributed by atoms with E-state index < -0.39 is 4.92 Å². The van der Waals surface area contributed by atoms with E-state index in [1.54, 1.807) is 6.07 Å². The third-order valence-electron chi connectivity index (χ3n) is 2.40. The lowest BCUT2D eigenvalue weighted by atomic mass is 10.1. The van der Waals surface area contributed by atoms with Gasteiger partial charge in [-0.2, -0.15) is 0 Å². The highest BCUT2D eigenvalue weighted by molar-refractivity contribution is 5.43. The van der Waals surface area contributed by atoms with Gasteiger partial charge in [-0.05, 0) is 26.8 Å². The molecule has 0 radical (unpaired) electrons. The number of nitro groups is 1. The van der Waals surface area contributed by atoms with Crippen LogP contribution in [-0.2, 0) is 11.3 Å². The van der Waals surface area contributed by atoms with Gasteiger partial charge in [0.2, 0.25) is 0 Å². The molecule has 0 fully saturated rings. The average Bonchev–Trinajstić information content (AvgIpc) is 2.33. The summed E-state index contributed by atoms with van der Waals surface area (Å²) in [5.41, 5.74) is 0.708. The van der Waals surface area contributed by atoms with Crippen LogP contribution in [0.3, 0.4) is 0 Å². The summed E-state index contributed by atoms with van der Waals surface area (Å²) in [6.07, 6.45) is 0. The summed E-state index contributed by atoms with van der Waals surface area (Å²) in [7, 11) is 1.53. The number of hydrogen-bond donors (Lipinski definition) is 1. The average molecular weight is 268 g/mol. The monoisotopic (exact) mass is 268 g/mol. The molecule has 0 amide bonds. The molecule has 0 spiro atoms. The SMILES string of the molecule is COCOc1ccc([N+](=O)[O-])cc1CNC(C)(C)C.